The number of carboxylic acid groups (broad SMARTS) is 1. The van der Waals surface area contributed by atoms with Crippen LogP contribution in [0.4, 0.5) is 5.69 Å². The number of anilines is 1. The van der Waals surface area contributed by atoms with Crippen molar-refractivity contribution in [3.8, 4) is 0 Å². The van der Waals surface area contributed by atoms with Gasteiger partial charge in [0, 0.05) is 37.4 Å². The molecule has 1 aliphatic heterocycles. The third-order valence-electron chi connectivity index (χ3n) is 4.85. The summed E-state index contributed by atoms with van der Waals surface area (Å²) in [6.45, 7) is 7.15. The predicted octanol–water partition coefficient (Wildman–Crippen LogP) is 3.47. The SMILES string of the molecule is CC(C)c1ccc(N2CCN(C(=O)c3cccc(C(=O)O)c3)CC2)cc1. The fourth-order valence-electron chi connectivity index (χ4n) is 3.21. The summed E-state index contributed by atoms with van der Waals surface area (Å²) in [6.07, 6.45) is 0. The minimum atomic E-state index is -1.02. The van der Waals surface area contributed by atoms with Gasteiger partial charge in [0.2, 0.25) is 0 Å². The molecule has 1 N–H and O–H groups in total. The van der Waals surface area contributed by atoms with Gasteiger partial charge in [-0.15, -0.1) is 0 Å². The fraction of sp³-hybridized carbons (Fsp3) is 0.333. The Morgan fingerprint density at radius 2 is 1.54 bits per heavy atom. The molecule has 0 bridgehead atoms. The third-order valence-corrected chi connectivity index (χ3v) is 4.85. The summed E-state index contributed by atoms with van der Waals surface area (Å²) < 4.78 is 0. The Hall–Kier alpha value is -2.82. The van der Waals surface area contributed by atoms with Crippen LogP contribution in [0, 0.1) is 0 Å². The van der Waals surface area contributed by atoms with Crippen molar-refractivity contribution in [2.24, 2.45) is 0 Å². The summed E-state index contributed by atoms with van der Waals surface area (Å²) in [6, 6.07) is 14.8. The maximum absolute atomic E-state index is 12.7. The molecule has 136 valence electrons. The van der Waals surface area contributed by atoms with Crippen LogP contribution < -0.4 is 4.90 Å². The average Bonchev–Trinajstić information content (AvgIpc) is 2.67. The summed E-state index contributed by atoms with van der Waals surface area (Å²) in [4.78, 5) is 27.8. The number of amides is 1. The smallest absolute Gasteiger partial charge is 0.335 e. The Bertz CT molecular complexity index is 791. The number of rotatable bonds is 4. The number of carbonyl (C=O) groups is 2. The fourth-order valence-corrected chi connectivity index (χ4v) is 3.21. The van der Waals surface area contributed by atoms with Crippen LogP contribution in [0.25, 0.3) is 0 Å². The summed E-state index contributed by atoms with van der Waals surface area (Å²) in [7, 11) is 0. The molecule has 0 spiro atoms. The second-order valence-corrected chi connectivity index (χ2v) is 6.91. The third kappa shape index (κ3) is 3.87. The van der Waals surface area contributed by atoms with Gasteiger partial charge in [0.1, 0.15) is 0 Å². The van der Waals surface area contributed by atoms with Gasteiger partial charge in [-0.3, -0.25) is 4.79 Å². The topological polar surface area (TPSA) is 60.9 Å². The molecular formula is C21H24N2O3. The quantitative estimate of drug-likeness (QED) is 0.915. The molecular weight excluding hydrogens is 328 g/mol. The molecule has 1 fully saturated rings. The first-order chi connectivity index (χ1) is 12.5. The highest BCUT2D eigenvalue weighted by Gasteiger charge is 2.23. The molecule has 2 aromatic carbocycles. The lowest BCUT2D eigenvalue weighted by molar-refractivity contribution is 0.0697. The van der Waals surface area contributed by atoms with E-state index >= 15 is 0 Å². The van der Waals surface area contributed by atoms with Gasteiger partial charge in [-0.25, -0.2) is 4.79 Å². The molecule has 0 radical (unpaired) electrons. The lowest BCUT2D eigenvalue weighted by Gasteiger charge is -2.36. The molecule has 0 saturated carbocycles. The van der Waals surface area contributed by atoms with E-state index in [0.29, 0.717) is 24.6 Å². The lowest BCUT2D eigenvalue weighted by Crippen LogP contribution is -2.48. The van der Waals surface area contributed by atoms with E-state index in [9.17, 15) is 9.59 Å². The monoisotopic (exact) mass is 352 g/mol. The Morgan fingerprint density at radius 3 is 2.12 bits per heavy atom. The second kappa shape index (κ2) is 7.60. The van der Waals surface area contributed by atoms with Crippen LogP contribution in [0.2, 0.25) is 0 Å². The Labute approximate surface area is 153 Å². The number of piperazine rings is 1. The molecule has 1 heterocycles. The van der Waals surface area contributed by atoms with Crippen molar-refractivity contribution in [3.63, 3.8) is 0 Å². The van der Waals surface area contributed by atoms with Gasteiger partial charge in [0.25, 0.3) is 5.91 Å². The molecule has 3 rings (SSSR count). The molecule has 1 saturated heterocycles. The highest BCUT2D eigenvalue weighted by atomic mass is 16.4. The molecule has 0 aromatic heterocycles. The minimum absolute atomic E-state index is 0.108. The van der Waals surface area contributed by atoms with Gasteiger partial charge in [-0.1, -0.05) is 32.0 Å². The van der Waals surface area contributed by atoms with E-state index in [-0.39, 0.29) is 11.5 Å². The number of carbonyl (C=O) groups excluding carboxylic acids is 1. The number of nitrogens with zero attached hydrogens (tertiary/aromatic N) is 2. The molecule has 2 aromatic rings. The lowest BCUT2D eigenvalue weighted by atomic mass is 10.0. The Balaban J connectivity index is 1.63. The van der Waals surface area contributed by atoms with E-state index in [1.165, 1.54) is 23.4 Å². The summed E-state index contributed by atoms with van der Waals surface area (Å²) >= 11 is 0. The summed E-state index contributed by atoms with van der Waals surface area (Å²) in [5.41, 5.74) is 3.06. The van der Waals surface area contributed by atoms with Crippen LogP contribution in [0.1, 0.15) is 46.0 Å². The zero-order valence-electron chi connectivity index (χ0n) is 15.2. The van der Waals surface area contributed by atoms with E-state index in [1.807, 2.05) is 0 Å². The van der Waals surface area contributed by atoms with Crippen LogP contribution >= 0.6 is 0 Å². The predicted molar refractivity (Wildman–Crippen MR) is 102 cm³/mol. The normalized spacial score (nSPS) is 14.6. The van der Waals surface area contributed by atoms with Gasteiger partial charge in [0.05, 0.1) is 5.56 Å². The molecule has 5 nitrogen and oxygen atoms in total. The van der Waals surface area contributed by atoms with Crippen LogP contribution in [-0.2, 0) is 0 Å². The second-order valence-electron chi connectivity index (χ2n) is 6.91. The van der Waals surface area contributed by atoms with Gasteiger partial charge >= 0.3 is 5.97 Å². The van der Waals surface area contributed by atoms with E-state index in [2.05, 4.69) is 43.0 Å². The zero-order valence-corrected chi connectivity index (χ0v) is 15.2. The van der Waals surface area contributed by atoms with Crippen molar-refractivity contribution < 1.29 is 14.7 Å². The number of benzene rings is 2. The minimum Gasteiger partial charge on any atom is -0.478 e. The van der Waals surface area contributed by atoms with Crippen molar-refractivity contribution >= 4 is 17.6 Å². The van der Waals surface area contributed by atoms with Crippen LogP contribution in [-0.4, -0.2) is 48.1 Å². The van der Waals surface area contributed by atoms with Gasteiger partial charge in [-0.2, -0.15) is 0 Å². The van der Waals surface area contributed by atoms with Crippen LogP contribution in [0.15, 0.2) is 48.5 Å². The maximum Gasteiger partial charge on any atom is 0.335 e. The largest absolute Gasteiger partial charge is 0.478 e. The first-order valence-electron chi connectivity index (χ1n) is 8.93. The van der Waals surface area contributed by atoms with Crippen LogP contribution in [0.5, 0.6) is 0 Å². The number of hydrogen-bond donors (Lipinski definition) is 1. The van der Waals surface area contributed by atoms with Crippen LogP contribution in [0.3, 0.4) is 0 Å². The molecule has 5 heteroatoms. The molecule has 0 aliphatic carbocycles. The Kier molecular flexibility index (Phi) is 5.26. The summed E-state index contributed by atoms with van der Waals surface area (Å²) in [5.74, 6) is -0.614. The molecule has 26 heavy (non-hydrogen) atoms. The molecule has 1 amide bonds. The molecule has 0 unspecified atom stereocenters. The van der Waals surface area contributed by atoms with Crippen molar-refractivity contribution in [3.05, 3.63) is 65.2 Å². The van der Waals surface area contributed by atoms with Gasteiger partial charge in [0.15, 0.2) is 0 Å². The van der Waals surface area contributed by atoms with E-state index < -0.39 is 5.97 Å². The number of aromatic carboxylic acids is 1. The van der Waals surface area contributed by atoms with Gasteiger partial charge in [-0.05, 0) is 41.8 Å². The highest BCUT2D eigenvalue weighted by Crippen LogP contribution is 2.21. The summed E-state index contributed by atoms with van der Waals surface area (Å²) in [5, 5.41) is 9.08. The highest BCUT2D eigenvalue weighted by molar-refractivity contribution is 5.97. The number of hydrogen-bond acceptors (Lipinski definition) is 3. The maximum atomic E-state index is 12.7. The molecule has 0 atom stereocenters. The zero-order chi connectivity index (χ0) is 18.7. The van der Waals surface area contributed by atoms with Crippen molar-refractivity contribution in [1.29, 1.82) is 0 Å². The van der Waals surface area contributed by atoms with Crippen molar-refractivity contribution in [2.75, 3.05) is 31.1 Å². The van der Waals surface area contributed by atoms with E-state index in [4.69, 9.17) is 5.11 Å². The van der Waals surface area contributed by atoms with Crippen molar-refractivity contribution in [2.45, 2.75) is 19.8 Å². The van der Waals surface area contributed by atoms with E-state index in [1.54, 1.807) is 17.0 Å². The number of carboxylic acids is 1. The first kappa shape index (κ1) is 18.0. The van der Waals surface area contributed by atoms with Gasteiger partial charge < -0.3 is 14.9 Å². The molecule has 1 aliphatic rings. The Morgan fingerprint density at radius 1 is 0.923 bits per heavy atom. The van der Waals surface area contributed by atoms with E-state index in [0.717, 1.165) is 13.1 Å². The first-order valence-corrected chi connectivity index (χ1v) is 8.93. The van der Waals surface area contributed by atoms with Crippen molar-refractivity contribution in [1.82, 2.24) is 4.90 Å². The average molecular weight is 352 g/mol. The standard InChI is InChI=1S/C21H24N2O3/c1-15(2)16-6-8-19(9-7-16)22-10-12-23(13-11-22)20(24)17-4-3-5-18(14-17)21(25)26/h3-9,14-15H,10-13H2,1-2H3,(H,25,26).